The molecule has 1 atom stereocenters. The van der Waals surface area contributed by atoms with Crippen LogP contribution in [-0.4, -0.2) is 78.8 Å². The van der Waals surface area contributed by atoms with Crippen LogP contribution in [0.3, 0.4) is 0 Å². The Balaban J connectivity index is 4.28. The van der Waals surface area contributed by atoms with Crippen molar-refractivity contribution in [3.8, 4) is 0 Å². The molecule has 0 aromatic rings. The Morgan fingerprint density at radius 1 is 0.771 bits per heavy atom. The molecule has 1 amide bonds. The predicted molar refractivity (Wildman–Crippen MR) is 140 cm³/mol. The highest BCUT2D eigenvalue weighted by Crippen LogP contribution is 2.16. The Labute approximate surface area is 214 Å². The van der Waals surface area contributed by atoms with E-state index in [0.717, 1.165) is 19.3 Å². The second kappa shape index (κ2) is 24.3. The van der Waals surface area contributed by atoms with Crippen molar-refractivity contribution in [2.75, 3.05) is 39.4 Å². The van der Waals surface area contributed by atoms with Gasteiger partial charge in [-0.15, -0.1) is 0 Å². The van der Waals surface area contributed by atoms with Gasteiger partial charge in [-0.3, -0.25) is 9.69 Å². The zero-order valence-electron chi connectivity index (χ0n) is 22.8. The van der Waals surface area contributed by atoms with E-state index in [2.05, 4.69) is 12.2 Å². The van der Waals surface area contributed by atoms with Gasteiger partial charge in [-0.25, -0.2) is 4.79 Å². The molecular weight excluding hydrogens is 448 g/mol. The van der Waals surface area contributed by atoms with Crippen LogP contribution in [0, 0.1) is 0 Å². The van der Waals surface area contributed by atoms with Gasteiger partial charge in [-0.05, 0) is 46.1 Å². The standard InChI is InChI=1S/C27H54N2O6/c1-4-5-6-7-8-9-10-11-12-13-15-25(16-17-26(32)34-24(2)3)35-27(33)28-18-14-19-29(20-22-30)21-23-31/h24-25,30-31H,4-23H2,1-3H3,(H,28,33). The van der Waals surface area contributed by atoms with Crippen LogP contribution in [0.15, 0.2) is 0 Å². The van der Waals surface area contributed by atoms with Crippen molar-refractivity contribution < 1.29 is 29.3 Å². The number of unbranched alkanes of at least 4 members (excludes halogenated alkanes) is 9. The van der Waals surface area contributed by atoms with Crippen LogP contribution < -0.4 is 5.32 Å². The van der Waals surface area contributed by atoms with Gasteiger partial charge in [0.15, 0.2) is 0 Å². The molecule has 0 fully saturated rings. The SMILES string of the molecule is CCCCCCCCCCCCC(CCC(=O)OC(C)C)OC(=O)NCCCN(CCO)CCO. The molecule has 0 aliphatic carbocycles. The highest BCUT2D eigenvalue weighted by Gasteiger charge is 2.17. The van der Waals surface area contributed by atoms with Gasteiger partial charge in [-0.2, -0.15) is 0 Å². The Morgan fingerprint density at radius 3 is 1.89 bits per heavy atom. The first-order valence-electron chi connectivity index (χ1n) is 14.0. The fraction of sp³-hybridized carbons (Fsp3) is 0.926. The average molecular weight is 503 g/mol. The van der Waals surface area contributed by atoms with Crippen LogP contribution in [-0.2, 0) is 14.3 Å². The molecule has 35 heavy (non-hydrogen) atoms. The van der Waals surface area contributed by atoms with Crippen molar-refractivity contribution in [2.24, 2.45) is 0 Å². The van der Waals surface area contributed by atoms with Crippen LogP contribution in [0.1, 0.15) is 111 Å². The first-order chi connectivity index (χ1) is 16.9. The van der Waals surface area contributed by atoms with Gasteiger partial charge in [0.05, 0.1) is 19.3 Å². The van der Waals surface area contributed by atoms with Crippen LogP contribution in [0.25, 0.3) is 0 Å². The second-order valence-electron chi connectivity index (χ2n) is 9.64. The highest BCUT2D eigenvalue weighted by molar-refractivity contribution is 5.70. The third-order valence-corrected chi connectivity index (χ3v) is 5.94. The van der Waals surface area contributed by atoms with Gasteiger partial charge in [0, 0.05) is 26.1 Å². The third-order valence-electron chi connectivity index (χ3n) is 5.94. The van der Waals surface area contributed by atoms with E-state index in [0.29, 0.717) is 39.0 Å². The number of carbonyl (C=O) groups is 2. The highest BCUT2D eigenvalue weighted by atomic mass is 16.6. The number of aliphatic hydroxyl groups excluding tert-OH is 2. The zero-order valence-corrected chi connectivity index (χ0v) is 22.8. The maximum atomic E-state index is 12.3. The quantitative estimate of drug-likeness (QED) is 0.128. The van der Waals surface area contributed by atoms with Crippen molar-refractivity contribution in [2.45, 2.75) is 123 Å². The summed E-state index contributed by atoms with van der Waals surface area (Å²) in [7, 11) is 0. The van der Waals surface area contributed by atoms with E-state index in [1.54, 1.807) is 0 Å². The molecule has 0 radical (unpaired) electrons. The number of alkyl carbamates (subject to hydrolysis) is 1. The van der Waals surface area contributed by atoms with Gasteiger partial charge < -0.3 is 25.0 Å². The Kier molecular flexibility index (Phi) is 23.4. The lowest BCUT2D eigenvalue weighted by atomic mass is 10.0. The summed E-state index contributed by atoms with van der Waals surface area (Å²) in [6.07, 6.45) is 13.7. The van der Waals surface area contributed by atoms with Crippen molar-refractivity contribution in [3.63, 3.8) is 0 Å². The molecule has 0 heterocycles. The van der Waals surface area contributed by atoms with Crippen molar-refractivity contribution >= 4 is 12.1 Å². The average Bonchev–Trinajstić information content (AvgIpc) is 2.81. The largest absolute Gasteiger partial charge is 0.463 e. The molecule has 8 nitrogen and oxygen atoms in total. The summed E-state index contributed by atoms with van der Waals surface area (Å²) in [5.74, 6) is -0.259. The van der Waals surface area contributed by atoms with Crippen LogP contribution in [0.5, 0.6) is 0 Å². The zero-order chi connectivity index (χ0) is 26.2. The lowest BCUT2D eigenvalue weighted by Crippen LogP contribution is -2.34. The molecule has 0 aliphatic rings. The lowest BCUT2D eigenvalue weighted by Gasteiger charge is -2.21. The van der Waals surface area contributed by atoms with Gasteiger partial charge in [0.25, 0.3) is 0 Å². The number of aliphatic hydroxyl groups is 2. The summed E-state index contributed by atoms with van der Waals surface area (Å²) < 4.78 is 10.9. The van der Waals surface area contributed by atoms with E-state index in [1.807, 2.05) is 18.7 Å². The minimum Gasteiger partial charge on any atom is -0.463 e. The molecule has 3 N–H and O–H groups in total. The molecule has 0 bridgehead atoms. The molecule has 0 saturated carbocycles. The summed E-state index contributed by atoms with van der Waals surface area (Å²) in [5, 5.41) is 20.9. The van der Waals surface area contributed by atoms with E-state index in [-0.39, 0.29) is 37.8 Å². The molecule has 0 rings (SSSR count). The fourth-order valence-electron chi connectivity index (χ4n) is 4.03. The van der Waals surface area contributed by atoms with E-state index < -0.39 is 6.09 Å². The molecule has 0 aromatic carbocycles. The number of rotatable bonds is 24. The summed E-state index contributed by atoms with van der Waals surface area (Å²) in [6.45, 7) is 8.08. The molecule has 0 aromatic heterocycles. The topological polar surface area (TPSA) is 108 Å². The number of hydrogen-bond acceptors (Lipinski definition) is 7. The lowest BCUT2D eigenvalue weighted by molar-refractivity contribution is -0.148. The van der Waals surface area contributed by atoms with Gasteiger partial charge >= 0.3 is 12.1 Å². The van der Waals surface area contributed by atoms with Crippen molar-refractivity contribution in [3.05, 3.63) is 0 Å². The predicted octanol–water partition coefficient (Wildman–Crippen LogP) is 4.80. The first-order valence-corrected chi connectivity index (χ1v) is 14.0. The minimum absolute atomic E-state index is 0.0371. The van der Waals surface area contributed by atoms with Crippen molar-refractivity contribution in [1.29, 1.82) is 0 Å². The first kappa shape index (κ1) is 33.6. The Hall–Kier alpha value is -1.38. The molecule has 0 spiro atoms. The number of nitrogens with one attached hydrogen (secondary N) is 1. The van der Waals surface area contributed by atoms with Crippen molar-refractivity contribution in [1.82, 2.24) is 10.2 Å². The smallest absolute Gasteiger partial charge is 0.407 e. The summed E-state index contributed by atoms with van der Waals surface area (Å²) in [5.41, 5.74) is 0. The van der Waals surface area contributed by atoms with E-state index >= 15 is 0 Å². The third kappa shape index (κ3) is 22.8. The summed E-state index contributed by atoms with van der Waals surface area (Å²) in [6, 6.07) is 0. The van der Waals surface area contributed by atoms with E-state index in [9.17, 15) is 9.59 Å². The summed E-state index contributed by atoms with van der Waals surface area (Å²) in [4.78, 5) is 26.2. The second-order valence-corrected chi connectivity index (χ2v) is 9.64. The van der Waals surface area contributed by atoms with Gasteiger partial charge in [-0.1, -0.05) is 64.7 Å². The monoisotopic (exact) mass is 502 g/mol. The number of esters is 1. The number of ether oxygens (including phenoxy) is 2. The normalized spacial score (nSPS) is 12.2. The van der Waals surface area contributed by atoms with E-state index in [1.165, 1.54) is 51.4 Å². The van der Waals surface area contributed by atoms with Crippen LogP contribution >= 0.6 is 0 Å². The molecular formula is C27H54N2O6. The summed E-state index contributed by atoms with van der Waals surface area (Å²) >= 11 is 0. The molecule has 0 saturated heterocycles. The molecule has 1 unspecified atom stereocenters. The molecule has 208 valence electrons. The number of nitrogens with zero attached hydrogens (tertiary/aromatic N) is 1. The van der Waals surface area contributed by atoms with E-state index in [4.69, 9.17) is 19.7 Å². The van der Waals surface area contributed by atoms with Crippen LogP contribution in [0.2, 0.25) is 0 Å². The molecule has 0 aliphatic heterocycles. The fourth-order valence-corrected chi connectivity index (χ4v) is 4.03. The van der Waals surface area contributed by atoms with Gasteiger partial charge in [0.1, 0.15) is 6.10 Å². The maximum absolute atomic E-state index is 12.3. The maximum Gasteiger partial charge on any atom is 0.407 e. The Morgan fingerprint density at radius 2 is 1.34 bits per heavy atom. The number of amides is 1. The number of carbonyl (C=O) groups excluding carboxylic acids is 2. The molecule has 8 heteroatoms. The number of hydrogen-bond donors (Lipinski definition) is 3. The van der Waals surface area contributed by atoms with Gasteiger partial charge in [0.2, 0.25) is 0 Å². The Bertz CT molecular complexity index is 498. The minimum atomic E-state index is -0.463. The van der Waals surface area contributed by atoms with Crippen LogP contribution in [0.4, 0.5) is 4.79 Å².